The molecule has 0 heterocycles. The lowest BCUT2D eigenvalue weighted by atomic mass is 10.1. The van der Waals surface area contributed by atoms with Gasteiger partial charge in [0.25, 0.3) is 0 Å². The Morgan fingerprint density at radius 2 is 2.10 bits per heavy atom. The number of benzene rings is 1. The van der Waals surface area contributed by atoms with Crippen LogP contribution in [0.5, 0.6) is 0 Å². The van der Waals surface area contributed by atoms with Crippen LogP contribution in [-0.2, 0) is 4.79 Å². The fourth-order valence-electron chi connectivity index (χ4n) is 2.44. The van der Waals surface area contributed by atoms with Crippen LogP contribution >= 0.6 is 0 Å². The van der Waals surface area contributed by atoms with Gasteiger partial charge in [-0.3, -0.25) is 0 Å². The van der Waals surface area contributed by atoms with Crippen molar-refractivity contribution < 1.29 is 14.3 Å². The molecule has 1 aromatic rings. The predicted octanol–water partition coefficient (Wildman–Crippen LogP) is 3.30. The maximum atomic E-state index is 14.3. The smallest absolute Gasteiger partial charge is 0.328 e. The molecular weight excluding hydrogens is 257 g/mol. The van der Waals surface area contributed by atoms with Crippen molar-refractivity contribution in [2.45, 2.75) is 31.7 Å². The summed E-state index contributed by atoms with van der Waals surface area (Å²) < 4.78 is 14.3. The van der Waals surface area contributed by atoms with Gasteiger partial charge < -0.3 is 10.0 Å². The van der Waals surface area contributed by atoms with Crippen molar-refractivity contribution in [1.29, 1.82) is 0 Å². The van der Waals surface area contributed by atoms with E-state index in [1.165, 1.54) is 25.0 Å². The molecule has 0 saturated heterocycles. The van der Waals surface area contributed by atoms with Gasteiger partial charge in [0.1, 0.15) is 5.82 Å². The number of hydrogen-bond acceptors (Lipinski definition) is 2. The maximum absolute atomic E-state index is 14.3. The topological polar surface area (TPSA) is 40.5 Å². The van der Waals surface area contributed by atoms with Crippen LogP contribution in [0.25, 0.3) is 6.08 Å². The van der Waals surface area contributed by atoms with E-state index in [9.17, 15) is 9.18 Å². The van der Waals surface area contributed by atoms with Crippen LogP contribution in [0, 0.1) is 11.7 Å². The Hall–Kier alpha value is -1.84. The minimum atomic E-state index is -1.03. The molecule has 0 unspecified atom stereocenters. The summed E-state index contributed by atoms with van der Waals surface area (Å²) in [6.45, 7) is 0.950. The number of carbonyl (C=O) groups is 1. The van der Waals surface area contributed by atoms with Crippen molar-refractivity contribution in [2.24, 2.45) is 5.92 Å². The van der Waals surface area contributed by atoms with E-state index < -0.39 is 5.97 Å². The molecule has 3 nitrogen and oxygen atoms in total. The Labute approximate surface area is 117 Å². The highest BCUT2D eigenvalue weighted by Gasteiger charge is 2.34. The van der Waals surface area contributed by atoms with Crippen LogP contribution in [0.2, 0.25) is 0 Å². The van der Waals surface area contributed by atoms with E-state index in [1.807, 2.05) is 0 Å². The zero-order valence-corrected chi connectivity index (χ0v) is 11.3. The van der Waals surface area contributed by atoms with Gasteiger partial charge in [0.15, 0.2) is 0 Å². The van der Waals surface area contributed by atoms with Gasteiger partial charge in [-0.05, 0) is 55.4 Å². The van der Waals surface area contributed by atoms with Gasteiger partial charge in [0.05, 0.1) is 5.69 Å². The van der Waals surface area contributed by atoms with Gasteiger partial charge in [-0.25, -0.2) is 9.18 Å². The number of halogens is 1. The quantitative estimate of drug-likeness (QED) is 0.810. The first kappa shape index (κ1) is 13.2. The molecule has 0 aromatic heterocycles. The standard InChI is InChI=1S/C16H18FNO2/c17-14-9-11(4-8-16(19)20)3-7-15(14)18(13-5-6-13)10-12-1-2-12/h3-4,7-9,12-13H,1-2,5-6,10H2,(H,19,20). The third-order valence-corrected chi connectivity index (χ3v) is 3.84. The molecule has 3 rings (SSSR count). The minimum absolute atomic E-state index is 0.259. The van der Waals surface area contributed by atoms with Crippen molar-refractivity contribution in [1.82, 2.24) is 0 Å². The summed E-state index contributed by atoms with van der Waals surface area (Å²) in [4.78, 5) is 12.7. The van der Waals surface area contributed by atoms with Crippen molar-refractivity contribution in [2.75, 3.05) is 11.4 Å². The van der Waals surface area contributed by atoms with Gasteiger partial charge in [-0.2, -0.15) is 0 Å². The van der Waals surface area contributed by atoms with Gasteiger partial charge in [-0.15, -0.1) is 0 Å². The molecule has 1 N–H and O–H groups in total. The summed E-state index contributed by atoms with van der Waals surface area (Å²) in [5, 5.41) is 8.59. The molecule has 2 fully saturated rings. The van der Waals surface area contributed by atoms with Crippen LogP contribution in [0.4, 0.5) is 10.1 Å². The van der Waals surface area contributed by atoms with Gasteiger partial charge in [-0.1, -0.05) is 6.07 Å². The molecule has 4 heteroatoms. The van der Waals surface area contributed by atoms with Crippen molar-refractivity contribution >= 4 is 17.7 Å². The molecule has 0 spiro atoms. The fraction of sp³-hybridized carbons (Fsp3) is 0.438. The molecule has 106 valence electrons. The highest BCUT2D eigenvalue weighted by Crippen LogP contribution is 2.38. The van der Waals surface area contributed by atoms with Gasteiger partial charge in [0, 0.05) is 18.7 Å². The lowest BCUT2D eigenvalue weighted by Crippen LogP contribution is -2.28. The highest BCUT2D eigenvalue weighted by atomic mass is 19.1. The largest absolute Gasteiger partial charge is 0.478 e. The molecule has 2 saturated carbocycles. The van der Waals surface area contributed by atoms with E-state index in [4.69, 9.17) is 5.11 Å². The molecule has 0 aliphatic heterocycles. The molecule has 0 bridgehead atoms. The first-order valence-electron chi connectivity index (χ1n) is 7.10. The number of nitrogens with zero attached hydrogens (tertiary/aromatic N) is 1. The number of carboxylic acid groups (broad SMARTS) is 1. The molecule has 0 atom stereocenters. The Kier molecular flexibility index (Phi) is 3.47. The third-order valence-electron chi connectivity index (χ3n) is 3.84. The van der Waals surface area contributed by atoms with E-state index >= 15 is 0 Å². The first-order chi connectivity index (χ1) is 9.63. The Balaban J connectivity index is 1.79. The number of aliphatic carboxylic acids is 1. The van der Waals surface area contributed by atoms with Crippen molar-refractivity contribution in [3.05, 3.63) is 35.7 Å². The molecule has 0 amide bonds. The van der Waals surface area contributed by atoms with Crippen LogP contribution in [-0.4, -0.2) is 23.7 Å². The second-order valence-electron chi connectivity index (χ2n) is 5.71. The molecule has 2 aliphatic carbocycles. The van der Waals surface area contributed by atoms with E-state index in [2.05, 4.69) is 4.90 Å². The third kappa shape index (κ3) is 3.18. The molecular formula is C16H18FNO2. The number of carboxylic acids is 1. The number of hydrogen-bond donors (Lipinski definition) is 1. The SMILES string of the molecule is O=C(O)C=Cc1ccc(N(CC2CC2)C2CC2)c(F)c1. The summed E-state index contributed by atoms with van der Waals surface area (Å²) >= 11 is 0. The zero-order valence-electron chi connectivity index (χ0n) is 11.3. The Morgan fingerprint density at radius 1 is 1.35 bits per heavy atom. The van der Waals surface area contributed by atoms with Crippen molar-refractivity contribution in [3.8, 4) is 0 Å². The lowest BCUT2D eigenvalue weighted by Gasteiger charge is -2.25. The van der Waals surface area contributed by atoms with E-state index in [0.717, 1.165) is 31.4 Å². The average molecular weight is 275 g/mol. The van der Waals surface area contributed by atoms with Crippen LogP contribution < -0.4 is 4.90 Å². The summed E-state index contributed by atoms with van der Waals surface area (Å²) in [5.41, 5.74) is 1.24. The monoisotopic (exact) mass is 275 g/mol. The zero-order chi connectivity index (χ0) is 14.1. The van der Waals surface area contributed by atoms with E-state index in [-0.39, 0.29) is 5.82 Å². The number of rotatable bonds is 6. The summed E-state index contributed by atoms with van der Waals surface area (Å²) in [6.07, 6.45) is 7.24. The molecule has 2 aliphatic rings. The van der Waals surface area contributed by atoms with E-state index in [0.29, 0.717) is 17.3 Å². The molecule has 20 heavy (non-hydrogen) atoms. The predicted molar refractivity (Wildman–Crippen MR) is 76.2 cm³/mol. The average Bonchev–Trinajstić information content (AvgIpc) is 3.26. The Morgan fingerprint density at radius 3 is 2.65 bits per heavy atom. The lowest BCUT2D eigenvalue weighted by molar-refractivity contribution is -0.131. The first-order valence-corrected chi connectivity index (χ1v) is 7.10. The summed E-state index contributed by atoms with van der Waals surface area (Å²) in [5.74, 6) is -0.561. The molecule has 1 aromatic carbocycles. The number of anilines is 1. The fourth-order valence-corrected chi connectivity index (χ4v) is 2.44. The van der Waals surface area contributed by atoms with E-state index in [1.54, 1.807) is 12.1 Å². The second kappa shape index (κ2) is 5.27. The normalized spacial score (nSPS) is 18.4. The van der Waals surface area contributed by atoms with Gasteiger partial charge in [0.2, 0.25) is 0 Å². The minimum Gasteiger partial charge on any atom is -0.478 e. The molecule has 0 radical (unpaired) electrons. The maximum Gasteiger partial charge on any atom is 0.328 e. The Bertz CT molecular complexity index is 547. The summed E-state index contributed by atoms with van der Waals surface area (Å²) in [7, 11) is 0. The van der Waals surface area contributed by atoms with Crippen LogP contribution in [0.1, 0.15) is 31.2 Å². The van der Waals surface area contributed by atoms with Crippen LogP contribution in [0.3, 0.4) is 0 Å². The van der Waals surface area contributed by atoms with Gasteiger partial charge >= 0.3 is 5.97 Å². The van der Waals surface area contributed by atoms with Crippen LogP contribution in [0.15, 0.2) is 24.3 Å². The van der Waals surface area contributed by atoms with Crippen molar-refractivity contribution in [3.63, 3.8) is 0 Å². The second-order valence-corrected chi connectivity index (χ2v) is 5.71. The summed E-state index contributed by atoms with van der Waals surface area (Å²) in [6, 6.07) is 5.46. The highest BCUT2D eigenvalue weighted by molar-refractivity contribution is 5.85.